The fraction of sp³-hybridized carbons (Fsp3) is 0.474. The fourth-order valence-corrected chi connectivity index (χ4v) is 3.54. The molecule has 0 aliphatic carbocycles. The maximum atomic E-state index is 4.48. The summed E-state index contributed by atoms with van der Waals surface area (Å²) in [6.45, 7) is 4.39. The molecule has 1 fully saturated rings. The van der Waals surface area contributed by atoms with Gasteiger partial charge in [-0.3, -0.25) is 0 Å². The van der Waals surface area contributed by atoms with Crippen molar-refractivity contribution in [1.82, 2.24) is 15.1 Å². The van der Waals surface area contributed by atoms with E-state index in [0.29, 0.717) is 12.0 Å². The zero-order valence-electron chi connectivity index (χ0n) is 14.3. The monoisotopic (exact) mass is 310 g/mol. The molecule has 2 aromatic rings. The molecule has 1 aromatic heterocycles. The molecule has 122 valence electrons. The van der Waals surface area contributed by atoms with E-state index in [0.717, 1.165) is 30.2 Å². The van der Waals surface area contributed by atoms with Crippen LogP contribution in [0.4, 0.5) is 5.82 Å². The highest BCUT2D eigenvalue weighted by Gasteiger charge is 2.34. The highest BCUT2D eigenvalue weighted by atomic mass is 15.3. The molecule has 0 spiro atoms. The quantitative estimate of drug-likeness (QED) is 0.848. The average molecular weight is 310 g/mol. The molecule has 2 unspecified atom stereocenters. The summed E-state index contributed by atoms with van der Waals surface area (Å²) in [5.74, 6) is 1.71. The molecule has 1 aliphatic rings. The lowest BCUT2D eigenvalue weighted by atomic mass is 9.98. The Morgan fingerprint density at radius 3 is 2.43 bits per heavy atom. The van der Waals surface area contributed by atoms with Gasteiger partial charge in [-0.2, -0.15) is 0 Å². The smallest absolute Gasteiger partial charge is 0.151 e. The SMILES string of the molecule is CCCC1CN(c2ccc(-c3ccccc3)nn2)CC1N(C)C. The number of likely N-dealkylation sites (N-methyl/N-ethyl adjacent to an activating group) is 1. The number of anilines is 1. The van der Waals surface area contributed by atoms with E-state index < -0.39 is 0 Å². The van der Waals surface area contributed by atoms with Crippen LogP contribution in [0.25, 0.3) is 11.3 Å². The van der Waals surface area contributed by atoms with Crippen LogP contribution in [-0.4, -0.2) is 48.3 Å². The van der Waals surface area contributed by atoms with E-state index in [4.69, 9.17) is 0 Å². The van der Waals surface area contributed by atoms with E-state index in [9.17, 15) is 0 Å². The van der Waals surface area contributed by atoms with Gasteiger partial charge in [-0.25, -0.2) is 0 Å². The van der Waals surface area contributed by atoms with Gasteiger partial charge in [-0.1, -0.05) is 43.7 Å². The zero-order valence-corrected chi connectivity index (χ0v) is 14.3. The minimum Gasteiger partial charge on any atom is -0.353 e. The first-order valence-corrected chi connectivity index (χ1v) is 8.49. The predicted molar refractivity (Wildman–Crippen MR) is 95.6 cm³/mol. The molecular formula is C19H26N4. The Hall–Kier alpha value is -1.94. The average Bonchev–Trinajstić information content (AvgIpc) is 3.00. The van der Waals surface area contributed by atoms with Gasteiger partial charge in [0.25, 0.3) is 0 Å². The molecule has 0 amide bonds. The number of benzene rings is 1. The van der Waals surface area contributed by atoms with Crippen LogP contribution in [0.15, 0.2) is 42.5 Å². The van der Waals surface area contributed by atoms with Crippen molar-refractivity contribution < 1.29 is 0 Å². The molecule has 3 rings (SSSR count). The van der Waals surface area contributed by atoms with Crippen molar-refractivity contribution in [3.63, 3.8) is 0 Å². The third kappa shape index (κ3) is 3.53. The Labute approximate surface area is 139 Å². The standard InChI is InChI=1S/C19H26N4/c1-4-8-16-13-23(14-18(16)22(2)3)19-12-11-17(20-21-19)15-9-6-5-7-10-15/h5-7,9-12,16,18H,4,8,13-14H2,1-3H3. The number of hydrogen-bond donors (Lipinski definition) is 0. The third-order valence-electron chi connectivity index (χ3n) is 4.77. The first kappa shape index (κ1) is 15.9. The van der Waals surface area contributed by atoms with Crippen LogP contribution in [0.1, 0.15) is 19.8 Å². The Morgan fingerprint density at radius 1 is 1.04 bits per heavy atom. The zero-order chi connectivity index (χ0) is 16.2. The van der Waals surface area contributed by atoms with Crippen molar-refractivity contribution in [2.75, 3.05) is 32.1 Å². The van der Waals surface area contributed by atoms with Crippen LogP contribution < -0.4 is 4.90 Å². The van der Waals surface area contributed by atoms with Crippen molar-refractivity contribution in [2.24, 2.45) is 5.92 Å². The summed E-state index contributed by atoms with van der Waals surface area (Å²) in [6.07, 6.45) is 2.51. The van der Waals surface area contributed by atoms with E-state index >= 15 is 0 Å². The first-order valence-electron chi connectivity index (χ1n) is 8.49. The second-order valence-corrected chi connectivity index (χ2v) is 6.63. The minimum atomic E-state index is 0.602. The molecular weight excluding hydrogens is 284 g/mol. The summed E-state index contributed by atoms with van der Waals surface area (Å²) < 4.78 is 0. The Bertz CT molecular complexity index is 609. The lowest BCUT2D eigenvalue weighted by molar-refractivity contribution is 0.246. The van der Waals surface area contributed by atoms with Gasteiger partial charge in [-0.05, 0) is 38.6 Å². The minimum absolute atomic E-state index is 0.602. The van der Waals surface area contributed by atoms with Gasteiger partial charge in [0.2, 0.25) is 0 Å². The molecule has 23 heavy (non-hydrogen) atoms. The van der Waals surface area contributed by atoms with Crippen LogP contribution in [0.5, 0.6) is 0 Å². The second kappa shape index (κ2) is 7.09. The normalized spacial score (nSPS) is 21.1. The molecule has 2 heterocycles. The molecule has 1 aliphatic heterocycles. The maximum Gasteiger partial charge on any atom is 0.151 e. The Morgan fingerprint density at radius 2 is 1.83 bits per heavy atom. The summed E-state index contributed by atoms with van der Waals surface area (Å²) >= 11 is 0. The Kier molecular flexibility index (Phi) is 4.91. The van der Waals surface area contributed by atoms with Crippen molar-refractivity contribution in [3.8, 4) is 11.3 Å². The van der Waals surface area contributed by atoms with Gasteiger partial charge in [0, 0.05) is 24.7 Å². The summed E-state index contributed by atoms with van der Waals surface area (Å²) in [5, 5.41) is 8.91. The van der Waals surface area contributed by atoms with Gasteiger partial charge in [-0.15, -0.1) is 10.2 Å². The van der Waals surface area contributed by atoms with Crippen molar-refractivity contribution in [1.29, 1.82) is 0 Å². The van der Waals surface area contributed by atoms with E-state index in [1.165, 1.54) is 12.8 Å². The first-order chi connectivity index (χ1) is 11.2. The summed E-state index contributed by atoms with van der Waals surface area (Å²) in [5.41, 5.74) is 2.05. The van der Waals surface area contributed by atoms with Crippen molar-refractivity contribution in [2.45, 2.75) is 25.8 Å². The largest absolute Gasteiger partial charge is 0.353 e. The summed E-state index contributed by atoms with van der Waals surface area (Å²) in [7, 11) is 4.36. The maximum absolute atomic E-state index is 4.48. The van der Waals surface area contributed by atoms with Gasteiger partial charge < -0.3 is 9.80 Å². The molecule has 1 saturated heterocycles. The fourth-order valence-electron chi connectivity index (χ4n) is 3.54. The molecule has 2 atom stereocenters. The van der Waals surface area contributed by atoms with Gasteiger partial charge in [0.05, 0.1) is 5.69 Å². The lowest BCUT2D eigenvalue weighted by Gasteiger charge is -2.24. The van der Waals surface area contributed by atoms with Crippen LogP contribution in [0.2, 0.25) is 0 Å². The molecule has 4 nitrogen and oxygen atoms in total. The van der Waals surface area contributed by atoms with E-state index in [1.54, 1.807) is 0 Å². The number of nitrogens with zero attached hydrogens (tertiary/aromatic N) is 4. The molecule has 0 saturated carbocycles. The van der Waals surface area contributed by atoms with Crippen LogP contribution in [0, 0.1) is 5.92 Å². The third-order valence-corrected chi connectivity index (χ3v) is 4.77. The van der Waals surface area contributed by atoms with E-state index in [-0.39, 0.29) is 0 Å². The number of aromatic nitrogens is 2. The number of rotatable bonds is 5. The van der Waals surface area contributed by atoms with E-state index in [2.05, 4.69) is 65.3 Å². The Balaban J connectivity index is 1.75. The second-order valence-electron chi connectivity index (χ2n) is 6.63. The van der Waals surface area contributed by atoms with E-state index in [1.807, 2.05) is 18.2 Å². The van der Waals surface area contributed by atoms with Gasteiger partial charge in [0.1, 0.15) is 0 Å². The van der Waals surface area contributed by atoms with Crippen LogP contribution >= 0.6 is 0 Å². The molecule has 1 aromatic carbocycles. The highest BCUT2D eigenvalue weighted by molar-refractivity contribution is 5.59. The number of hydrogen-bond acceptors (Lipinski definition) is 4. The highest BCUT2D eigenvalue weighted by Crippen LogP contribution is 2.28. The predicted octanol–water partition coefficient (Wildman–Crippen LogP) is 3.31. The molecule has 0 radical (unpaired) electrons. The lowest BCUT2D eigenvalue weighted by Crippen LogP contribution is -2.35. The molecule has 0 bridgehead atoms. The van der Waals surface area contributed by atoms with Crippen molar-refractivity contribution >= 4 is 5.82 Å². The van der Waals surface area contributed by atoms with Gasteiger partial charge >= 0.3 is 0 Å². The molecule has 0 N–H and O–H groups in total. The summed E-state index contributed by atoms with van der Waals surface area (Å²) in [4.78, 5) is 4.73. The molecule has 4 heteroatoms. The van der Waals surface area contributed by atoms with Gasteiger partial charge in [0.15, 0.2) is 5.82 Å². The van der Waals surface area contributed by atoms with Crippen molar-refractivity contribution in [3.05, 3.63) is 42.5 Å². The summed E-state index contributed by atoms with van der Waals surface area (Å²) in [6, 6.07) is 15.0. The van der Waals surface area contributed by atoms with Crippen LogP contribution in [0.3, 0.4) is 0 Å². The van der Waals surface area contributed by atoms with Crippen LogP contribution in [-0.2, 0) is 0 Å². The topological polar surface area (TPSA) is 32.3 Å².